The van der Waals surface area contributed by atoms with Crippen LogP contribution in [0.1, 0.15) is 53.9 Å². The molecule has 5 atom stereocenters. The van der Waals surface area contributed by atoms with Crippen molar-refractivity contribution >= 4 is 23.5 Å². The number of fused-ring (bicyclic) bond motifs is 4. The topological polar surface area (TPSA) is 128 Å². The van der Waals surface area contributed by atoms with Crippen LogP contribution in [0.4, 0.5) is 0 Å². The van der Waals surface area contributed by atoms with Crippen molar-refractivity contribution in [3.63, 3.8) is 0 Å². The number of ketones is 2. The largest absolute Gasteiger partial charge is 0.504 e. The molecule has 0 spiro atoms. The van der Waals surface area contributed by atoms with Gasteiger partial charge in [-0.15, -0.1) is 0 Å². The number of carbonyl (C=O) groups excluding carboxylic acids is 4. The molecule has 1 aliphatic heterocycles. The van der Waals surface area contributed by atoms with E-state index in [9.17, 15) is 24.3 Å². The lowest BCUT2D eigenvalue weighted by molar-refractivity contribution is -0.160. The zero-order valence-electron chi connectivity index (χ0n) is 21.0. The molecule has 4 aliphatic rings. The highest BCUT2D eigenvalue weighted by Crippen LogP contribution is 2.62. The fourth-order valence-corrected chi connectivity index (χ4v) is 6.35. The smallest absolute Gasteiger partial charge is 0.340 e. The van der Waals surface area contributed by atoms with Crippen molar-refractivity contribution < 1.29 is 38.5 Å². The lowest BCUT2D eigenvalue weighted by Gasteiger charge is -2.53. The zero-order valence-corrected chi connectivity index (χ0v) is 21.0. The first-order valence-electron chi connectivity index (χ1n) is 12.0. The van der Waals surface area contributed by atoms with E-state index in [0.29, 0.717) is 18.4 Å². The Hall–Kier alpha value is -2.94. The van der Waals surface area contributed by atoms with E-state index in [-0.39, 0.29) is 41.6 Å². The second kappa shape index (κ2) is 8.62. The number of cyclic esters (lactones) is 1. The Morgan fingerprint density at radius 1 is 1.29 bits per heavy atom. The van der Waals surface area contributed by atoms with Crippen molar-refractivity contribution in [2.24, 2.45) is 16.7 Å². The summed E-state index contributed by atoms with van der Waals surface area (Å²) in [5.74, 6) is -2.88. The summed E-state index contributed by atoms with van der Waals surface area (Å²) >= 11 is 0. The number of ether oxygens (including phenoxy) is 3. The number of aliphatic hydroxyl groups is 1. The Labute approximate surface area is 204 Å². The fraction of sp³-hybridized carbons (Fsp3) is 0.615. The molecule has 0 bridgehead atoms. The van der Waals surface area contributed by atoms with Crippen LogP contribution < -0.4 is 5.32 Å². The Kier molecular flexibility index (Phi) is 6.20. The second-order valence-electron chi connectivity index (χ2n) is 10.5. The van der Waals surface area contributed by atoms with Gasteiger partial charge in [0.05, 0.1) is 17.6 Å². The molecule has 0 aromatic rings. The van der Waals surface area contributed by atoms with Gasteiger partial charge in [-0.05, 0) is 32.8 Å². The predicted molar refractivity (Wildman–Crippen MR) is 124 cm³/mol. The normalized spacial score (nSPS) is 35.7. The molecule has 0 amide bonds. The van der Waals surface area contributed by atoms with E-state index in [1.165, 1.54) is 20.2 Å². The number of hydrogen-bond acceptors (Lipinski definition) is 9. The molecular weight excluding hydrogens is 454 g/mol. The van der Waals surface area contributed by atoms with Crippen LogP contribution in [0, 0.1) is 16.7 Å². The number of allylic oxidation sites excluding steroid dienone is 1. The van der Waals surface area contributed by atoms with Gasteiger partial charge in [-0.1, -0.05) is 6.92 Å². The Bertz CT molecular complexity index is 1100. The highest BCUT2D eigenvalue weighted by atomic mass is 16.6. The van der Waals surface area contributed by atoms with Crippen LogP contribution in [0.2, 0.25) is 0 Å². The molecule has 190 valence electrons. The Balaban J connectivity index is 2.02. The maximum atomic E-state index is 13.8. The van der Waals surface area contributed by atoms with Crippen molar-refractivity contribution in [2.45, 2.75) is 72.1 Å². The van der Waals surface area contributed by atoms with Gasteiger partial charge in [0, 0.05) is 61.6 Å². The minimum Gasteiger partial charge on any atom is -0.504 e. The Morgan fingerprint density at radius 3 is 2.57 bits per heavy atom. The van der Waals surface area contributed by atoms with Crippen molar-refractivity contribution in [1.29, 1.82) is 0 Å². The van der Waals surface area contributed by atoms with Crippen LogP contribution in [0.5, 0.6) is 0 Å². The fourth-order valence-electron chi connectivity index (χ4n) is 6.35. The number of aliphatic hydroxyl groups excluding tert-OH is 1. The lowest BCUT2D eigenvalue weighted by atomic mass is 9.53. The Morgan fingerprint density at radius 2 is 1.97 bits per heavy atom. The minimum absolute atomic E-state index is 0.00338. The van der Waals surface area contributed by atoms with Gasteiger partial charge >= 0.3 is 11.9 Å². The molecule has 3 aliphatic carbocycles. The van der Waals surface area contributed by atoms with E-state index < -0.39 is 52.4 Å². The van der Waals surface area contributed by atoms with Crippen LogP contribution in [-0.2, 0) is 33.4 Å². The molecule has 35 heavy (non-hydrogen) atoms. The van der Waals surface area contributed by atoms with E-state index in [1.54, 1.807) is 13.8 Å². The summed E-state index contributed by atoms with van der Waals surface area (Å²) in [7, 11) is 1.46. The third kappa shape index (κ3) is 3.63. The zero-order chi connectivity index (χ0) is 25.9. The van der Waals surface area contributed by atoms with E-state index in [1.807, 2.05) is 13.8 Å². The highest BCUT2D eigenvalue weighted by molar-refractivity contribution is 6.14. The summed E-state index contributed by atoms with van der Waals surface area (Å²) in [6.45, 7) is 8.60. The number of esters is 2. The first-order chi connectivity index (χ1) is 16.4. The van der Waals surface area contributed by atoms with Gasteiger partial charge in [0.2, 0.25) is 5.78 Å². The number of Topliss-reactive ketones (excluding diaryl/α,β-unsaturated/α-hetero) is 2. The average Bonchev–Trinajstić information content (AvgIpc) is 3.06. The van der Waals surface area contributed by atoms with Crippen LogP contribution in [-0.4, -0.2) is 60.6 Å². The molecule has 0 aromatic carbocycles. The first kappa shape index (κ1) is 25.2. The summed E-state index contributed by atoms with van der Waals surface area (Å²) in [5.41, 5.74) is -1.21. The summed E-state index contributed by atoms with van der Waals surface area (Å²) in [6, 6.07) is -0.0243. The quantitative estimate of drug-likeness (QED) is 0.444. The molecule has 9 heteroatoms. The van der Waals surface area contributed by atoms with E-state index >= 15 is 0 Å². The molecule has 2 N–H and O–H groups in total. The number of methoxy groups -OCH3 is 1. The van der Waals surface area contributed by atoms with Gasteiger partial charge in [-0.25, -0.2) is 4.79 Å². The van der Waals surface area contributed by atoms with Gasteiger partial charge in [-0.3, -0.25) is 14.4 Å². The molecule has 2 fully saturated rings. The van der Waals surface area contributed by atoms with Crippen molar-refractivity contribution in [3.8, 4) is 0 Å². The average molecular weight is 488 g/mol. The number of carbonyl (C=O) groups is 4. The standard InChI is InChI=1S/C26H33NO8/c1-12(2)27-10-14-20-23(31)22(30)19-15-7-8-17(29)25(15,4)9-16(34-13(3)28)21(19)26(20,5)18(11-33-6)35-24(14)32/h10,12,15-16,18,27,31H,7-9,11H2,1-6H3/b14-10-/t15-,16+,18+,25-,26-/m0/s1. The molecule has 1 saturated carbocycles. The van der Waals surface area contributed by atoms with Gasteiger partial charge in [0.15, 0.2) is 5.76 Å². The van der Waals surface area contributed by atoms with Gasteiger partial charge < -0.3 is 24.6 Å². The SMILES string of the molecule is COC[C@H]1OC(=O)/C(=C\NC(C)C)C2=C(O)C(=O)C3=C([C@H](OC(C)=O)C[C@]4(C)C(=O)CC[C@@H]34)[C@]21C. The summed E-state index contributed by atoms with van der Waals surface area (Å²) in [6.07, 6.45) is 0.613. The summed E-state index contributed by atoms with van der Waals surface area (Å²) in [4.78, 5) is 51.9. The summed E-state index contributed by atoms with van der Waals surface area (Å²) < 4.78 is 16.9. The maximum Gasteiger partial charge on any atom is 0.340 e. The van der Waals surface area contributed by atoms with E-state index in [0.717, 1.165) is 0 Å². The molecule has 0 unspecified atom stereocenters. The predicted octanol–water partition coefficient (Wildman–Crippen LogP) is 2.46. The maximum absolute atomic E-state index is 13.8. The van der Waals surface area contributed by atoms with Crippen LogP contribution >= 0.6 is 0 Å². The number of hydrogen-bond donors (Lipinski definition) is 2. The monoisotopic (exact) mass is 487 g/mol. The minimum atomic E-state index is -1.23. The van der Waals surface area contributed by atoms with Crippen LogP contribution in [0.25, 0.3) is 0 Å². The molecule has 1 saturated heterocycles. The molecule has 9 nitrogen and oxygen atoms in total. The van der Waals surface area contributed by atoms with E-state index in [4.69, 9.17) is 14.2 Å². The van der Waals surface area contributed by atoms with Crippen LogP contribution in [0.3, 0.4) is 0 Å². The molecule has 1 heterocycles. The third-order valence-corrected chi connectivity index (χ3v) is 7.98. The van der Waals surface area contributed by atoms with Crippen LogP contribution in [0.15, 0.2) is 34.3 Å². The van der Waals surface area contributed by atoms with Gasteiger partial charge in [0.1, 0.15) is 18.0 Å². The van der Waals surface area contributed by atoms with Crippen molar-refractivity contribution in [1.82, 2.24) is 5.32 Å². The second-order valence-corrected chi connectivity index (χ2v) is 10.5. The first-order valence-corrected chi connectivity index (χ1v) is 12.0. The van der Waals surface area contributed by atoms with Crippen molar-refractivity contribution in [3.05, 3.63) is 34.3 Å². The molecule has 0 radical (unpaired) electrons. The molecule has 0 aromatic heterocycles. The van der Waals surface area contributed by atoms with E-state index in [2.05, 4.69) is 5.32 Å². The lowest BCUT2D eigenvalue weighted by Crippen LogP contribution is -2.57. The third-order valence-electron chi connectivity index (χ3n) is 7.98. The number of nitrogens with one attached hydrogen (secondary N) is 1. The van der Waals surface area contributed by atoms with Gasteiger partial charge in [-0.2, -0.15) is 0 Å². The molecular formula is C26H33NO8. The van der Waals surface area contributed by atoms with Gasteiger partial charge in [0.25, 0.3) is 0 Å². The molecule has 4 rings (SSSR count). The summed E-state index contributed by atoms with van der Waals surface area (Å²) in [5, 5.41) is 14.4. The highest BCUT2D eigenvalue weighted by Gasteiger charge is 2.64. The number of rotatable bonds is 5. The van der Waals surface area contributed by atoms with Crippen molar-refractivity contribution in [2.75, 3.05) is 13.7 Å².